The molecule has 24 heavy (non-hydrogen) atoms. The average molecular weight is 351 g/mol. The van der Waals surface area contributed by atoms with Gasteiger partial charge in [-0.25, -0.2) is 4.98 Å². The van der Waals surface area contributed by atoms with Crippen molar-refractivity contribution in [2.45, 2.75) is 19.0 Å². The van der Waals surface area contributed by atoms with Crippen molar-refractivity contribution in [3.8, 4) is 0 Å². The summed E-state index contributed by atoms with van der Waals surface area (Å²) in [6.45, 7) is -1.22. The Kier molecular flexibility index (Phi) is 5.16. The number of ether oxygens (including phenoxy) is 1. The molecule has 2 rings (SSSR count). The maximum absolute atomic E-state index is 12.2. The average Bonchev–Trinajstić information content (AvgIpc) is 2.91. The fourth-order valence-corrected chi connectivity index (χ4v) is 1.63. The molecule has 1 amide bonds. The number of hydrogen-bond acceptors (Lipinski definition) is 7. The Hall–Kier alpha value is -2.51. The van der Waals surface area contributed by atoms with Crippen LogP contribution in [0.1, 0.15) is 0 Å². The van der Waals surface area contributed by atoms with E-state index in [1.54, 1.807) is 0 Å². The highest BCUT2D eigenvalue weighted by Crippen LogP contribution is 2.17. The zero-order valence-electron chi connectivity index (χ0n) is 11.9. The molecule has 0 saturated heterocycles. The summed E-state index contributed by atoms with van der Waals surface area (Å²) < 4.78 is 43.0. The van der Waals surface area contributed by atoms with E-state index in [2.05, 4.69) is 9.97 Å². The zero-order valence-corrected chi connectivity index (χ0v) is 11.9. The maximum atomic E-state index is 12.2. The first-order chi connectivity index (χ1) is 11.3. The summed E-state index contributed by atoms with van der Waals surface area (Å²) in [6.07, 6.45) is -4.91. The smallest absolute Gasteiger partial charge is 0.394 e. The lowest BCUT2D eigenvalue weighted by Gasteiger charge is -2.13. The van der Waals surface area contributed by atoms with Crippen molar-refractivity contribution >= 4 is 23.0 Å². The number of nitrogens with one attached hydrogen (secondary N) is 2. The molecule has 0 aliphatic heterocycles. The zero-order chi connectivity index (χ0) is 17.9. The number of fused-ring (bicyclic) bond motifs is 1. The van der Waals surface area contributed by atoms with E-state index in [9.17, 15) is 22.8 Å². The number of rotatable bonds is 6. The van der Waals surface area contributed by atoms with Crippen LogP contribution in [0.2, 0.25) is 0 Å². The number of alkyl halides is 3. The van der Waals surface area contributed by atoms with Gasteiger partial charge in [0.2, 0.25) is 5.95 Å². The van der Waals surface area contributed by atoms with Gasteiger partial charge in [-0.05, 0) is 0 Å². The van der Waals surface area contributed by atoms with Crippen molar-refractivity contribution < 1.29 is 32.9 Å². The monoisotopic (exact) mass is 351 g/mol. The molecule has 132 valence electrons. The van der Waals surface area contributed by atoms with E-state index in [1.165, 1.54) is 5.32 Å². The summed E-state index contributed by atoms with van der Waals surface area (Å²) >= 11 is 0. The van der Waals surface area contributed by atoms with Crippen molar-refractivity contribution in [3.05, 3.63) is 16.7 Å². The highest BCUT2D eigenvalue weighted by atomic mass is 19.4. The van der Waals surface area contributed by atoms with Crippen LogP contribution in [0.15, 0.2) is 11.1 Å². The largest absolute Gasteiger partial charge is 0.471 e. The Morgan fingerprint density at radius 3 is 2.67 bits per heavy atom. The Balaban J connectivity index is 2.29. The number of nitrogens with zero attached hydrogens (tertiary/aromatic N) is 3. The number of carbonyl (C=O) groups excluding carboxylic acids is 1. The molecule has 0 aliphatic carbocycles. The minimum atomic E-state index is -5.15. The molecule has 0 atom stereocenters. The lowest BCUT2D eigenvalue weighted by atomic mass is 10.4. The quantitative estimate of drug-likeness (QED) is 0.520. The fourth-order valence-electron chi connectivity index (χ4n) is 1.63. The van der Waals surface area contributed by atoms with Crippen LogP contribution in [0.3, 0.4) is 0 Å². The second-order valence-electron chi connectivity index (χ2n) is 4.54. The number of anilines is 1. The molecule has 0 bridgehead atoms. The predicted octanol–water partition coefficient (Wildman–Crippen LogP) is -1.05. The van der Waals surface area contributed by atoms with Crippen LogP contribution in [0.4, 0.5) is 19.1 Å². The van der Waals surface area contributed by atoms with Gasteiger partial charge in [-0.3, -0.25) is 24.5 Å². The predicted molar refractivity (Wildman–Crippen MR) is 71.9 cm³/mol. The second kappa shape index (κ2) is 6.94. The van der Waals surface area contributed by atoms with Crippen LogP contribution >= 0.6 is 0 Å². The molecular formula is C11H12F3N5O5. The summed E-state index contributed by atoms with van der Waals surface area (Å²) in [5, 5.41) is 19.2. The number of aliphatic hydroxyl groups is 2. The third-order valence-electron chi connectivity index (χ3n) is 2.82. The van der Waals surface area contributed by atoms with E-state index in [0.717, 1.165) is 10.9 Å². The number of halogens is 3. The third-order valence-corrected chi connectivity index (χ3v) is 2.82. The fraction of sp³-hybridized carbons (Fsp3) is 0.455. The van der Waals surface area contributed by atoms with Gasteiger partial charge in [0, 0.05) is 0 Å². The van der Waals surface area contributed by atoms with Gasteiger partial charge in [0.05, 0.1) is 19.5 Å². The van der Waals surface area contributed by atoms with Crippen molar-refractivity contribution in [2.75, 3.05) is 18.5 Å². The van der Waals surface area contributed by atoms with E-state index in [-0.39, 0.29) is 17.9 Å². The van der Waals surface area contributed by atoms with Crippen molar-refractivity contribution in [2.24, 2.45) is 0 Å². The Labute approximate surface area is 130 Å². The van der Waals surface area contributed by atoms with Crippen LogP contribution in [0, 0.1) is 0 Å². The number of hydrogen-bond donors (Lipinski definition) is 4. The van der Waals surface area contributed by atoms with Gasteiger partial charge in [-0.2, -0.15) is 18.2 Å². The van der Waals surface area contributed by atoms with Gasteiger partial charge in [-0.15, -0.1) is 0 Å². The lowest BCUT2D eigenvalue weighted by Crippen LogP contribution is -2.31. The first-order valence-electron chi connectivity index (χ1n) is 6.43. The molecule has 4 N–H and O–H groups in total. The molecular weight excluding hydrogens is 339 g/mol. The van der Waals surface area contributed by atoms with Crippen LogP contribution in [-0.2, 0) is 16.3 Å². The van der Waals surface area contributed by atoms with Gasteiger partial charge < -0.3 is 14.9 Å². The normalized spacial score (nSPS) is 12.1. The molecule has 0 radical (unpaired) electrons. The summed E-state index contributed by atoms with van der Waals surface area (Å²) in [4.78, 5) is 32.0. The number of aliphatic hydroxyl groups excluding tert-OH is 2. The molecule has 0 fully saturated rings. The van der Waals surface area contributed by atoms with Crippen LogP contribution < -0.4 is 10.9 Å². The van der Waals surface area contributed by atoms with Gasteiger partial charge in [0.1, 0.15) is 12.8 Å². The molecule has 0 saturated carbocycles. The van der Waals surface area contributed by atoms with E-state index in [4.69, 9.17) is 14.9 Å². The van der Waals surface area contributed by atoms with Gasteiger partial charge >= 0.3 is 12.1 Å². The summed E-state index contributed by atoms with van der Waals surface area (Å²) in [7, 11) is 0. The Morgan fingerprint density at radius 1 is 1.42 bits per heavy atom. The topological polar surface area (TPSA) is 142 Å². The summed E-state index contributed by atoms with van der Waals surface area (Å²) in [5.41, 5.74) is -1.20. The molecule has 0 aromatic carbocycles. The number of aromatic amines is 1. The van der Waals surface area contributed by atoms with E-state index in [0.29, 0.717) is 0 Å². The SMILES string of the molecule is O=C(Nc1nc2c(ncn2COC(CO)CO)c(=O)[nH]1)C(F)(F)F. The van der Waals surface area contributed by atoms with Crippen LogP contribution in [0.25, 0.3) is 11.2 Å². The molecule has 2 aromatic rings. The highest BCUT2D eigenvalue weighted by molar-refractivity contribution is 5.93. The molecule has 2 aromatic heterocycles. The van der Waals surface area contributed by atoms with Crippen molar-refractivity contribution in [1.29, 1.82) is 0 Å². The van der Waals surface area contributed by atoms with Crippen molar-refractivity contribution in [3.63, 3.8) is 0 Å². The van der Waals surface area contributed by atoms with E-state index >= 15 is 0 Å². The Morgan fingerprint density at radius 2 is 2.08 bits per heavy atom. The first-order valence-corrected chi connectivity index (χ1v) is 6.43. The standard InChI is InChI=1S/C11H12F3N5O5/c12-11(13,14)9(23)18-10-16-7-6(8(22)17-10)15-3-19(7)4-24-5(1-20)2-21/h3,5,20-21H,1-2,4H2,(H2,16,17,18,22,23). The highest BCUT2D eigenvalue weighted by Gasteiger charge is 2.39. The first kappa shape index (κ1) is 17.8. The number of carbonyl (C=O) groups is 1. The van der Waals surface area contributed by atoms with Crippen molar-refractivity contribution in [1.82, 2.24) is 19.5 Å². The minimum absolute atomic E-state index is 0.147. The van der Waals surface area contributed by atoms with E-state index in [1.807, 2.05) is 4.98 Å². The second-order valence-corrected chi connectivity index (χ2v) is 4.54. The van der Waals surface area contributed by atoms with Gasteiger partial charge in [-0.1, -0.05) is 0 Å². The number of H-pyrrole nitrogens is 1. The summed E-state index contributed by atoms with van der Waals surface area (Å²) in [6, 6.07) is 0. The lowest BCUT2D eigenvalue weighted by molar-refractivity contribution is -0.167. The molecule has 0 unspecified atom stereocenters. The van der Waals surface area contributed by atoms with Crippen LogP contribution in [-0.4, -0.2) is 61.1 Å². The maximum Gasteiger partial charge on any atom is 0.471 e. The minimum Gasteiger partial charge on any atom is -0.394 e. The number of aromatic nitrogens is 4. The summed E-state index contributed by atoms with van der Waals surface area (Å²) in [5.74, 6) is -3.01. The molecule has 0 spiro atoms. The number of imidazole rings is 1. The van der Waals surface area contributed by atoms with Crippen LogP contribution in [0.5, 0.6) is 0 Å². The van der Waals surface area contributed by atoms with Gasteiger partial charge in [0.25, 0.3) is 5.56 Å². The Bertz CT molecular complexity index is 782. The molecule has 2 heterocycles. The molecule has 0 aliphatic rings. The molecule has 13 heteroatoms. The van der Waals surface area contributed by atoms with E-state index < -0.39 is 42.9 Å². The van der Waals surface area contributed by atoms with Gasteiger partial charge in [0.15, 0.2) is 11.2 Å². The number of amides is 1. The third kappa shape index (κ3) is 3.87. The molecule has 10 nitrogen and oxygen atoms in total.